The van der Waals surface area contributed by atoms with Crippen molar-refractivity contribution in [3.8, 4) is 11.5 Å². The molecule has 6 nitrogen and oxygen atoms in total. The predicted molar refractivity (Wildman–Crippen MR) is 90.1 cm³/mol. The van der Waals surface area contributed by atoms with Gasteiger partial charge in [0.25, 0.3) is 5.91 Å². The van der Waals surface area contributed by atoms with Gasteiger partial charge in [-0.25, -0.2) is 5.43 Å². The number of ether oxygens (including phenoxy) is 1. The monoisotopic (exact) mass is 313 g/mol. The zero-order chi connectivity index (χ0) is 16.7. The highest BCUT2D eigenvalue weighted by Gasteiger charge is 2.02. The van der Waals surface area contributed by atoms with E-state index in [0.717, 1.165) is 11.3 Å². The second kappa shape index (κ2) is 7.84. The first-order chi connectivity index (χ1) is 11.1. The first kappa shape index (κ1) is 16.4. The molecular weight excluding hydrogens is 294 g/mol. The third-order valence-corrected chi connectivity index (χ3v) is 3.13. The molecule has 2 aromatic rings. The van der Waals surface area contributed by atoms with Gasteiger partial charge < -0.3 is 15.2 Å². The van der Waals surface area contributed by atoms with Gasteiger partial charge in [-0.1, -0.05) is 17.7 Å². The number of amides is 1. The number of hydrogen-bond acceptors (Lipinski definition) is 5. The van der Waals surface area contributed by atoms with Crippen LogP contribution in [0.2, 0.25) is 0 Å². The summed E-state index contributed by atoms with van der Waals surface area (Å²) in [5, 5.41) is 16.5. The fourth-order valence-corrected chi connectivity index (χ4v) is 1.83. The summed E-state index contributed by atoms with van der Waals surface area (Å²) in [6.07, 6.45) is 1.36. The van der Waals surface area contributed by atoms with Gasteiger partial charge in [-0.05, 0) is 37.3 Å². The van der Waals surface area contributed by atoms with Gasteiger partial charge in [0.15, 0.2) is 0 Å². The third-order valence-electron chi connectivity index (χ3n) is 3.13. The van der Waals surface area contributed by atoms with E-state index < -0.39 is 0 Å². The van der Waals surface area contributed by atoms with Crippen LogP contribution in [0.1, 0.15) is 11.1 Å². The Morgan fingerprint density at radius 3 is 2.70 bits per heavy atom. The molecule has 0 aliphatic heterocycles. The van der Waals surface area contributed by atoms with Crippen molar-refractivity contribution in [1.29, 1.82) is 0 Å². The summed E-state index contributed by atoms with van der Waals surface area (Å²) >= 11 is 0. The lowest BCUT2D eigenvalue weighted by Crippen LogP contribution is -2.25. The molecule has 2 aromatic carbocycles. The predicted octanol–water partition coefficient (Wildman–Crippen LogP) is 2.27. The fourth-order valence-electron chi connectivity index (χ4n) is 1.83. The molecule has 6 heteroatoms. The Hall–Kier alpha value is -3.02. The van der Waals surface area contributed by atoms with Crippen molar-refractivity contribution in [2.24, 2.45) is 5.10 Å². The summed E-state index contributed by atoms with van der Waals surface area (Å²) < 4.78 is 5.06. The minimum atomic E-state index is -0.288. The average molecular weight is 313 g/mol. The van der Waals surface area contributed by atoms with Crippen LogP contribution in [-0.2, 0) is 4.79 Å². The molecule has 0 fully saturated rings. The lowest BCUT2D eigenvalue weighted by molar-refractivity contribution is -0.119. The van der Waals surface area contributed by atoms with E-state index in [1.165, 1.54) is 19.4 Å². The molecule has 0 aliphatic rings. The standard InChI is InChI=1S/C17H19N3O3/c1-12-3-5-14(6-4-12)18-11-17(22)20-19-10-13-9-15(23-2)7-8-16(13)21/h3-10,18,21H,11H2,1-2H3,(H,20,22). The molecule has 23 heavy (non-hydrogen) atoms. The molecule has 0 unspecified atom stereocenters. The molecule has 3 N–H and O–H groups in total. The Morgan fingerprint density at radius 2 is 2.00 bits per heavy atom. The Balaban J connectivity index is 1.85. The van der Waals surface area contributed by atoms with Crippen molar-refractivity contribution in [2.75, 3.05) is 19.0 Å². The highest BCUT2D eigenvalue weighted by Crippen LogP contribution is 2.20. The molecule has 0 heterocycles. The van der Waals surface area contributed by atoms with Gasteiger partial charge in [-0.2, -0.15) is 5.10 Å². The SMILES string of the molecule is COc1ccc(O)c(C=NNC(=O)CNc2ccc(C)cc2)c1. The van der Waals surface area contributed by atoms with Crippen LogP contribution in [0.3, 0.4) is 0 Å². The number of hydrazone groups is 1. The number of nitrogens with zero attached hydrogens (tertiary/aromatic N) is 1. The van der Waals surface area contributed by atoms with Crippen molar-refractivity contribution in [2.45, 2.75) is 6.92 Å². The third kappa shape index (κ3) is 5.03. The number of aromatic hydroxyl groups is 1. The van der Waals surface area contributed by atoms with Gasteiger partial charge >= 0.3 is 0 Å². The summed E-state index contributed by atoms with van der Waals surface area (Å²) in [5.74, 6) is 0.363. The van der Waals surface area contributed by atoms with Crippen LogP contribution in [0, 0.1) is 6.92 Å². The highest BCUT2D eigenvalue weighted by molar-refractivity contribution is 5.86. The van der Waals surface area contributed by atoms with E-state index in [-0.39, 0.29) is 18.2 Å². The van der Waals surface area contributed by atoms with E-state index in [4.69, 9.17) is 4.74 Å². The number of anilines is 1. The maximum absolute atomic E-state index is 11.7. The summed E-state index contributed by atoms with van der Waals surface area (Å²) in [4.78, 5) is 11.7. The van der Waals surface area contributed by atoms with E-state index in [0.29, 0.717) is 11.3 Å². The van der Waals surface area contributed by atoms with E-state index in [1.54, 1.807) is 12.1 Å². The lowest BCUT2D eigenvalue weighted by atomic mass is 10.2. The summed E-state index contributed by atoms with van der Waals surface area (Å²) in [6.45, 7) is 2.10. The lowest BCUT2D eigenvalue weighted by Gasteiger charge is -2.06. The number of carbonyl (C=O) groups is 1. The Morgan fingerprint density at radius 1 is 1.26 bits per heavy atom. The molecule has 0 radical (unpaired) electrons. The largest absolute Gasteiger partial charge is 0.507 e. The smallest absolute Gasteiger partial charge is 0.259 e. The number of nitrogens with one attached hydrogen (secondary N) is 2. The van der Waals surface area contributed by atoms with Crippen LogP contribution in [0.5, 0.6) is 11.5 Å². The number of carbonyl (C=O) groups excluding carboxylic acids is 1. The quantitative estimate of drug-likeness (QED) is 0.564. The second-order valence-corrected chi connectivity index (χ2v) is 4.94. The number of hydrogen-bond donors (Lipinski definition) is 3. The molecule has 0 atom stereocenters. The van der Waals surface area contributed by atoms with Crippen LogP contribution >= 0.6 is 0 Å². The maximum atomic E-state index is 11.7. The van der Waals surface area contributed by atoms with Crippen LogP contribution in [0.4, 0.5) is 5.69 Å². The van der Waals surface area contributed by atoms with Gasteiger partial charge in [-0.15, -0.1) is 0 Å². The number of benzene rings is 2. The van der Waals surface area contributed by atoms with Gasteiger partial charge in [0.05, 0.1) is 19.9 Å². The van der Waals surface area contributed by atoms with E-state index in [2.05, 4.69) is 15.8 Å². The molecule has 0 bridgehead atoms. The highest BCUT2D eigenvalue weighted by atomic mass is 16.5. The van der Waals surface area contributed by atoms with Gasteiger partial charge in [0.1, 0.15) is 11.5 Å². The van der Waals surface area contributed by atoms with Crippen molar-refractivity contribution in [3.63, 3.8) is 0 Å². The molecule has 2 rings (SSSR count). The van der Waals surface area contributed by atoms with Gasteiger partial charge in [0.2, 0.25) is 0 Å². The number of phenolic OH excluding ortho intramolecular Hbond substituents is 1. The zero-order valence-electron chi connectivity index (χ0n) is 13.0. The molecule has 1 amide bonds. The van der Waals surface area contributed by atoms with Crippen LogP contribution < -0.4 is 15.5 Å². The van der Waals surface area contributed by atoms with Crippen LogP contribution in [0.15, 0.2) is 47.6 Å². The molecular formula is C17H19N3O3. The first-order valence-corrected chi connectivity index (χ1v) is 7.08. The van der Waals surface area contributed by atoms with Crippen molar-refractivity contribution in [1.82, 2.24) is 5.43 Å². The second-order valence-electron chi connectivity index (χ2n) is 4.94. The molecule has 0 spiro atoms. The van der Waals surface area contributed by atoms with Crippen molar-refractivity contribution in [3.05, 3.63) is 53.6 Å². The van der Waals surface area contributed by atoms with E-state index >= 15 is 0 Å². The molecule has 0 saturated carbocycles. The van der Waals surface area contributed by atoms with Crippen molar-refractivity contribution < 1.29 is 14.6 Å². The summed E-state index contributed by atoms with van der Waals surface area (Å²) in [6, 6.07) is 12.5. The fraction of sp³-hybridized carbons (Fsp3) is 0.176. The van der Waals surface area contributed by atoms with Gasteiger partial charge in [-0.3, -0.25) is 4.79 Å². The minimum absolute atomic E-state index is 0.0570. The van der Waals surface area contributed by atoms with Gasteiger partial charge in [0, 0.05) is 11.3 Å². The molecule has 0 aromatic heterocycles. The normalized spacial score (nSPS) is 10.5. The number of aryl methyl sites for hydroxylation is 1. The molecule has 0 saturated heterocycles. The van der Waals surface area contributed by atoms with E-state index in [9.17, 15) is 9.90 Å². The molecule has 120 valence electrons. The number of methoxy groups -OCH3 is 1. The number of phenols is 1. The van der Waals surface area contributed by atoms with E-state index in [1.807, 2.05) is 31.2 Å². The molecule has 0 aliphatic carbocycles. The topological polar surface area (TPSA) is 83.0 Å². The Bertz CT molecular complexity index is 697. The average Bonchev–Trinajstić information content (AvgIpc) is 2.56. The van der Waals surface area contributed by atoms with Crippen molar-refractivity contribution >= 4 is 17.8 Å². The first-order valence-electron chi connectivity index (χ1n) is 7.08. The van der Waals surface area contributed by atoms with Crippen LogP contribution in [-0.4, -0.2) is 30.9 Å². The minimum Gasteiger partial charge on any atom is -0.507 e. The maximum Gasteiger partial charge on any atom is 0.259 e. The number of rotatable bonds is 6. The summed E-state index contributed by atoms with van der Waals surface area (Å²) in [7, 11) is 1.53. The zero-order valence-corrected chi connectivity index (χ0v) is 13.0. The Kier molecular flexibility index (Phi) is 5.57. The Labute approximate surface area is 134 Å². The summed E-state index contributed by atoms with van der Waals surface area (Å²) in [5.41, 5.74) is 4.86. The van der Waals surface area contributed by atoms with Crippen LogP contribution in [0.25, 0.3) is 0 Å².